The van der Waals surface area contributed by atoms with Gasteiger partial charge >= 0.3 is 0 Å². The Labute approximate surface area is 329 Å². The van der Waals surface area contributed by atoms with E-state index >= 15 is 0 Å². The predicted octanol–water partition coefficient (Wildman–Crippen LogP) is 13.1. The van der Waals surface area contributed by atoms with Crippen molar-refractivity contribution in [1.29, 1.82) is 0 Å². The van der Waals surface area contributed by atoms with Gasteiger partial charge in [-0.05, 0) is 77.2 Å². The molecule has 0 aromatic heterocycles. The molecule has 1 atom stereocenters. The first kappa shape index (κ1) is 33.5. The third-order valence-electron chi connectivity index (χ3n) is 11.8. The van der Waals surface area contributed by atoms with Crippen LogP contribution in [0.15, 0.2) is 218 Å². The van der Waals surface area contributed by atoms with Crippen molar-refractivity contribution >= 4 is 56.6 Å². The number of benzene rings is 6. The number of anilines is 8. The van der Waals surface area contributed by atoms with Gasteiger partial charge in [0.1, 0.15) is 5.54 Å². The Bertz CT molecular complexity index is 2590. The smallest absolute Gasteiger partial charge is 0.101 e. The molecule has 0 saturated heterocycles. The van der Waals surface area contributed by atoms with Crippen molar-refractivity contribution in [2.24, 2.45) is 0 Å². The highest BCUT2D eigenvalue weighted by Crippen LogP contribution is 2.63. The van der Waals surface area contributed by atoms with E-state index in [4.69, 9.17) is 0 Å². The summed E-state index contributed by atoms with van der Waals surface area (Å²) >= 11 is 0. The molecule has 0 amide bonds. The molecule has 0 spiro atoms. The van der Waals surface area contributed by atoms with E-state index in [1.165, 1.54) is 45.0 Å². The normalized spacial score (nSPS) is 18.3. The molecule has 56 heavy (non-hydrogen) atoms. The van der Waals surface area contributed by atoms with Crippen LogP contribution >= 0.6 is 0 Å². The molecule has 6 aromatic rings. The largest absolute Gasteiger partial charge is 0.341 e. The Morgan fingerprint density at radius 3 is 1.50 bits per heavy atom. The lowest BCUT2D eigenvalue weighted by molar-refractivity contribution is 0.621. The number of hydrogen-bond acceptors (Lipinski definition) is 4. The van der Waals surface area contributed by atoms with Gasteiger partial charge < -0.3 is 19.6 Å². The molecule has 0 N–H and O–H groups in total. The Kier molecular flexibility index (Phi) is 8.00. The predicted molar refractivity (Wildman–Crippen MR) is 237 cm³/mol. The summed E-state index contributed by atoms with van der Waals surface area (Å²) in [4.78, 5) is 9.83. The van der Waals surface area contributed by atoms with Crippen molar-refractivity contribution in [2.45, 2.75) is 12.0 Å². The lowest BCUT2D eigenvalue weighted by Gasteiger charge is -2.56. The van der Waals surface area contributed by atoms with E-state index in [1.54, 1.807) is 0 Å². The van der Waals surface area contributed by atoms with Gasteiger partial charge in [0, 0.05) is 25.2 Å². The third-order valence-corrected chi connectivity index (χ3v) is 11.8. The summed E-state index contributed by atoms with van der Waals surface area (Å²) in [5.74, 6) is 0. The minimum absolute atomic E-state index is 0.676. The highest BCUT2D eigenvalue weighted by atomic mass is 15.3. The fraction of sp³-hybridized carbons (Fsp3) is 0.0769. The molecule has 4 heteroatoms. The van der Waals surface area contributed by atoms with Crippen LogP contribution in [0.2, 0.25) is 0 Å². The van der Waals surface area contributed by atoms with Gasteiger partial charge in [-0.25, -0.2) is 0 Å². The molecule has 0 radical (unpaired) electrons. The summed E-state index contributed by atoms with van der Waals surface area (Å²) in [5.41, 5.74) is 16.9. The van der Waals surface area contributed by atoms with E-state index in [0.717, 1.165) is 46.0 Å². The molecule has 0 fully saturated rings. The molecule has 2 heterocycles. The van der Waals surface area contributed by atoms with Crippen LogP contribution in [0, 0.1) is 0 Å². The maximum atomic E-state index is 4.21. The summed E-state index contributed by atoms with van der Waals surface area (Å²) < 4.78 is 0. The van der Waals surface area contributed by atoms with E-state index in [2.05, 4.69) is 228 Å². The van der Waals surface area contributed by atoms with E-state index in [0.29, 0.717) is 0 Å². The van der Waals surface area contributed by atoms with Crippen molar-refractivity contribution in [1.82, 2.24) is 0 Å². The molecule has 1 unspecified atom stereocenters. The average molecular weight is 723 g/mol. The zero-order chi connectivity index (χ0) is 37.8. The van der Waals surface area contributed by atoms with E-state index in [9.17, 15) is 0 Å². The standard InChI is InChI=1S/C52H42N4/c1-4-5-26-39-50(38-24-10-7-11-25-38)52(56-47-34-18-14-30-43(47)54(3)44-31-15-19-35-48(44)56)36-21-20-27-40(52)49(37-22-8-6-9-23-37)51(39)55-45-32-16-12-28-41(45)53(2)42-29-13-17-33-46(42)55/h4-35H,1,36H2,2-3H3/b26-5-. The highest BCUT2D eigenvalue weighted by molar-refractivity contribution is 6.10. The van der Waals surface area contributed by atoms with Gasteiger partial charge in [0.25, 0.3) is 0 Å². The van der Waals surface area contributed by atoms with Crippen LogP contribution < -0.4 is 19.6 Å². The van der Waals surface area contributed by atoms with Gasteiger partial charge in [-0.1, -0.05) is 152 Å². The first-order chi connectivity index (χ1) is 27.6. The Morgan fingerprint density at radius 2 is 0.982 bits per heavy atom. The van der Waals surface area contributed by atoms with Gasteiger partial charge in [-0.3, -0.25) is 0 Å². The molecule has 270 valence electrons. The molecular formula is C52H42N4. The van der Waals surface area contributed by atoms with Crippen LogP contribution in [-0.4, -0.2) is 19.6 Å². The second kappa shape index (κ2) is 13.4. The summed E-state index contributed by atoms with van der Waals surface area (Å²) in [6, 6.07) is 57.4. The first-order valence-corrected chi connectivity index (χ1v) is 19.3. The zero-order valence-electron chi connectivity index (χ0n) is 31.7. The van der Waals surface area contributed by atoms with Crippen molar-refractivity contribution in [3.8, 4) is 0 Å². The lowest BCUT2D eigenvalue weighted by Crippen LogP contribution is -2.53. The molecular weight excluding hydrogens is 681 g/mol. The van der Waals surface area contributed by atoms with Crippen molar-refractivity contribution in [3.05, 3.63) is 229 Å². The van der Waals surface area contributed by atoms with Crippen LogP contribution in [0.4, 0.5) is 45.5 Å². The number of allylic oxidation sites excluding steroid dienone is 5. The fourth-order valence-corrected chi connectivity index (χ4v) is 9.48. The monoisotopic (exact) mass is 722 g/mol. The quantitative estimate of drug-likeness (QED) is 0.159. The number of hydrogen-bond donors (Lipinski definition) is 0. The number of nitrogens with zero attached hydrogens (tertiary/aromatic N) is 4. The Morgan fingerprint density at radius 1 is 0.536 bits per heavy atom. The molecule has 0 bridgehead atoms. The maximum Gasteiger partial charge on any atom is 0.101 e. The van der Waals surface area contributed by atoms with Crippen LogP contribution in [0.3, 0.4) is 0 Å². The number of rotatable bonds is 6. The van der Waals surface area contributed by atoms with Crippen LogP contribution in [0.5, 0.6) is 0 Å². The SMILES string of the molecule is C=C/C=C\C1=C(c2ccccc2)C2(N3c4ccccc4N(C)c4ccccc43)CC=CC=C2C(c2ccccc2)=C1N1c2ccccc2N(C)c2ccccc21. The molecule has 2 aliphatic carbocycles. The van der Waals surface area contributed by atoms with Gasteiger partial charge in [-0.15, -0.1) is 0 Å². The van der Waals surface area contributed by atoms with Gasteiger partial charge in [0.2, 0.25) is 0 Å². The molecule has 4 nitrogen and oxygen atoms in total. The maximum absolute atomic E-state index is 4.21. The van der Waals surface area contributed by atoms with E-state index < -0.39 is 5.54 Å². The minimum atomic E-state index is -0.676. The summed E-state index contributed by atoms with van der Waals surface area (Å²) in [6.45, 7) is 4.21. The minimum Gasteiger partial charge on any atom is -0.341 e. The topological polar surface area (TPSA) is 13.0 Å². The lowest BCUT2D eigenvalue weighted by atomic mass is 9.63. The van der Waals surface area contributed by atoms with Gasteiger partial charge in [-0.2, -0.15) is 0 Å². The summed E-state index contributed by atoms with van der Waals surface area (Å²) in [5, 5.41) is 0. The molecule has 10 rings (SSSR count). The fourth-order valence-electron chi connectivity index (χ4n) is 9.48. The average Bonchev–Trinajstić information content (AvgIpc) is 3.26. The molecule has 2 aliphatic heterocycles. The summed E-state index contributed by atoms with van der Waals surface area (Å²) in [7, 11) is 4.36. The van der Waals surface area contributed by atoms with Crippen molar-refractivity contribution in [2.75, 3.05) is 33.7 Å². The zero-order valence-corrected chi connectivity index (χ0v) is 31.7. The third kappa shape index (κ3) is 4.85. The second-order valence-electron chi connectivity index (χ2n) is 14.7. The van der Waals surface area contributed by atoms with Gasteiger partial charge in [0.15, 0.2) is 0 Å². The van der Waals surface area contributed by atoms with Crippen molar-refractivity contribution < 1.29 is 0 Å². The van der Waals surface area contributed by atoms with Gasteiger partial charge in [0.05, 0.1) is 51.2 Å². The molecule has 4 aliphatic rings. The second-order valence-corrected chi connectivity index (χ2v) is 14.7. The first-order valence-electron chi connectivity index (χ1n) is 19.3. The van der Waals surface area contributed by atoms with E-state index in [-0.39, 0.29) is 0 Å². The van der Waals surface area contributed by atoms with E-state index in [1.807, 2.05) is 6.08 Å². The number of fused-ring (bicyclic) bond motifs is 5. The van der Waals surface area contributed by atoms with Crippen LogP contribution in [0.25, 0.3) is 11.1 Å². The Hall–Kier alpha value is -7.04. The van der Waals surface area contributed by atoms with Crippen LogP contribution in [0.1, 0.15) is 17.5 Å². The molecule has 0 saturated carbocycles. The van der Waals surface area contributed by atoms with Crippen LogP contribution in [-0.2, 0) is 0 Å². The summed E-state index contributed by atoms with van der Waals surface area (Å²) in [6.07, 6.45) is 14.1. The van der Waals surface area contributed by atoms with Crippen molar-refractivity contribution in [3.63, 3.8) is 0 Å². The highest BCUT2D eigenvalue weighted by Gasteiger charge is 2.54. The molecule has 6 aromatic carbocycles. The Balaban J connectivity index is 1.42. The number of para-hydroxylation sites is 8.